The number of carbonyl (C=O) groups is 2. The average molecular weight is 284 g/mol. The number of fused-ring (bicyclic) bond motifs is 3. The first-order valence-corrected chi connectivity index (χ1v) is 7.37. The van der Waals surface area contributed by atoms with Crippen LogP contribution in [-0.2, 0) is 19.1 Å². The highest BCUT2D eigenvalue weighted by atomic mass is 16.5. The standard InChI is InChI=1S/C14H24N2O4/c1-5-19-13(17)11-12(14(18)20-6-2)16-8-7-15(11)9(3)10(16)4/h9-12H,5-8H2,1-4H3. The van der Waals surface area contributed by atoms with E-state index in [2.05, 4.69) is 23.6 Å². The van der Waals surface area contributed by atoms with Gasteiger partial charge in [-0.1, -0.05) is 0 Å². The number of esters is 2. The van der Waals surface area contributed by atoms with E-state index in [4.69, 9.17) is 9.47 Å². The predicted molar refractivity (Wildman–Crippen MR) is 73.2 cm³/mol. The summed E-state index contributed by atoms with van der Waals surface area (Å²) in [5.41, 5.74) is 0. The number of ether oxygens (including phenoxy) is 2. The van der Waals surface area contributed by atoms with Crippen LogP contribution in [0.25, 0.3) is 0 Å². The van der Waals surface area contributed by atoms with Crippen molar-refractivity contribution in [2.45, 2.75) is 51.9 Å². The fraction of sp³-hybridized carbons (Fsp3) is 0.857. The fourth-order valence-corrected chi connectivity index (χ4v) is 3.32. The molecule has 0 aromatic carbocycles. The largest absolute Gasteiger partial charge is 0.465 e. The molecule has 0 radical (unpaired) electrons. The smallest absolute Gasteiger partial charge is 0.325 e. The fourth-order valence-electron chi connectivity index (χ4n) is 3.32. The third-order valence-electron chi connectivity index (χ3n) is 4.43. The Kier molecular flexibility index (Phi) is 4.65. The summed E-state index contributed by atoms with van der Waals surface area (Å²) < 4.78 is 10.3. The minimum absolute atomic E-state index is 0.226. The predicted octanol–water partition coefficient (Wildman–Crippen LogP) is 0.258. The SMILES string of the molecule is CCOC(=O)C1C(C(=O)OCC)N2CCN1C(C)C2C. The molecule has 20 heavy (non-hydrogen) atoms. The highest BCUT2D eigenvalue weighted by Crippen LogP contribution is 2.32. The number of hydrogen-bond acceptors (Lipinski definition) is 6. The van der Waals surface area contributed by atoms with E-state index in [-0.39, 0.29) is 24.0 Å². The molecule has 114 valence electrons. The zero-order valence-electron chi connectivity index (χ0n) is 12.7. The molecular formula is C14H24N2O4. The number of nitrogens with zero attached hydrogens (tertiary/aromatic N) is 2. The summed E-state index contributed by atoms with van der Waals surface area (Å²) in [4.78, 5) is 28.7. The summed E-state index contributed by atoms with van der Waals surface area (Å²) in [6, 6.07) is -0.643. The van der Waals surface area contributed by atoms with Gasteiger partial charge in [0.25, 0.3) is 0 Å². The van der Waals surface area contributed by atoms with E-state index in [9.17, 15) is 9.59 Å². The summed E-state index contributed by atoms with van der Waals surface area (Å²) in [7, 11) is 0. The summed E-state index contributed by atoms with van der Waals surface area (Å²) in [5.74, 6) is -0.650. The van der Waals surface area contributed by atoms with Crippen LogP contribution in [0.1, 0.15) is 27.7 Å². The number of carbonyl (C=O) groups excluding carboxylic acids is 2. The zero-order valence-corrected chi connectivity index (χ0v) is 12.7. The lowest BCUT2D eigenvalue weighted by atomic mass is 9.89. The molecule has 0 saturated carbocycles. The van der Waals surface area contributed by atoms with Crippen LogP contribution in [0.5, 0.6) is 0 Å². The van der Waals surface area contributed by atoms with E-state index in [1.54, 1.807) is 13.8 Å². The molecule has 6 unspecified atom stereocenters. The maximum Gasteiger partial charge on any atom is 0.325 e. The van der Waals surface area contributed by atoms with Crippen molar-refractivity contribution in [3.05, 3.63) is 0 Å². The molecule has 0 aromatic rings. The first kappa shape index (κ1) is 15.3. The van der Waals surface area contributed by atoms with Crippen molar-refractivity contribution in [1.82, 2.24) is 9.80 Å². The van der Waals surface area contributed by atoms with Gasteiger partial charge in [0.05, 0.1) is 13.2 Å². The maximum absolute atomic E-state index is 12.3. The van der Waals surface area contributed by atoms with Crippen LogP contribution in [-0.4, -0.2) is 72.2 Å². The molecule has 3 aliphatic rings. The van der Waals surface area contributed by atoms with Crippen molar-refractivity contribution in [2.24, 2.45) is 0 Å². The van der Waals surface area contributed by atoms with Crippen LogP contribution in [0.2, 0.25) is 0 Å². The molecule has 3 aliphatic heterocycles. The molecule has 3 saturated heterocycles. The Labute approximate surface area is 120 Å². The number of piperazine rings is 3. The van der Waals surface area contributed by atoms with Crippen molar-refractivity contribution in [1.29, 1.82) is 0 Å². The van der Waals surface area contributed by atoms with E-state index >= 15 is 0 Å². The molecule has 3 fully saturated rings. The minimum Gasteiger partial charge on any atom is -0.465 e. The summed E-state index contributed by atoms with van der Waals surface area (Å²) in [5, 5.41) is 0. The van der Waals surface area contributed by atoms with Crippen LogP contribution in [0.15, 0.2) is 0 Å². The number of hydrogen-bond donors (Lipinski definition) is 0. The third kappa shape index (κ3) is 2.42. The summed E-state index contributed by atoms with van der Waals surface area (Å²) >= 11 is 0. The molecule has 3 rings (SSSR count). The van der Waals surface area contributed by atoms with E-state index in [0.717, 1.165) is 13.1 Å². The second kappa shape index (κ2) is 6.10. The Morgan fingerprint density at radius 1 is 0.900 bits per heavy atom. The monoisotopic (exact) mass is 284 g/mol. The summed E-state index contributed by atoms with van der Waals surface area (Å²) in [6.07, 6.45) is 0. The van der Waals surface area contributed by atoms with Gasteiger partial charge in [0.15, 0.2) is 0 Å². The lowest BCUT2D eigenvalue weighted by molar-refractivity contribution is -0.184. The van der Waals surface area contributed by atoms with Crippen molar-refractivity contribution >= 4 is 11.9 Å². The van der Waals surface area contributed by atoms with Crippen molar-refractivity contribution in [3.63, 3.8) is 0 Å². The molecule has 3 heterocycles. The topological polar surface area (TPSA) is 59.1 Å². The van der Waals surface area contributed by atoms with Gasteiger partial charge in [-0.05, 0) is 27.7 Å². The zero-order chi connectivity index (χ0) is 14.9. The molecular weight excluding hydrogens is 260 g/mol. The van der Waals surface area contributed by atoms with Crippen LogP contribution >= 0.6 is 0 Å². The first-order valence-electron chi connectivity index (χ1n) is 7.37. The highest BCUT2D eigenvalue weighted by Gasteiger charge is 2.54. The maximum atomic E-state index is 12.3. The lowest BCUT2D eigenvalue weighted by Crippen LogP contribution is -2.76. The summed E-state index contributed by atoms with van der Waals surface area (Å²) in [6.45, 7) is 9.94. The van der Waals surface area contributed by atoms with Crippen molar-refractivity contribution in [2.75, 3.05) is 26.3 Å². The highest BCUT2D eigenvalue weighted by molar-refractivity contribution is 5.88. The second-order valence-electron chi connectivity index (χ2n) is 5.35. The molecule has 0 aliphatic carbocycles. The second-order valence-corrected chi connectivity index (χ2v) is 5.35. The lowest BCUT2D eigenvalue weighted by Gasteiger charge is -2.57. The van der Waals surface area contributed by atoms with Gasteiger partial charge in [-0.25, -0.2) is 0 Å². The normalized spacial score (nSPS) is 39.4. The van der Waals surface area contributed by atoms with Gasteiger partial charge in [-0.15, -0.1) is 0 Å². The Morgan fingerprint density at radius 3 is 1.55 bits per heavy atom. The van der Waals surface area contributed by atoms with Gasteiger partial charge >= 0.3 is 11.9 Å². The molecule has 0 aromatic heterocycles. The van der Waals surface area contributed by atoms with E-state index in [1.165, 1.54) is 0 Å². The van der Waals surface area contributed by atoms with Crippen molar-refractivity contribution in [3.8, 4) is 0 Å². The Bertz CT molecular complexity index is 351. The Balaban J connectivity index is 2.29. The third-order valence-corrected chi connectivity index (χ3v) is 4.43. The van der Waals surface area contributed by atoms with Gasteiger partial charge in [0.1, 0.15) is 12.1 Å². The molecule has 0 N–H and O–H groups in total. The Hall–Kier alpha value is -1.14. The van der Waals surface area contributed by atoms with E-state index in [0.29, 0.717) is 13.2 Å². The minimum atomic E-state index is -0.547. The molecule has 6 heteroatoms. The van der Waals surface area contributed by atoms with Gasteiger partial charge in [0.2, 0.25) is 0 Å². The van der Waals surface area contributed by atoms with E-state index < -0.39 is 12.1 Å². The van der Waals surface area contributed by atoms with Gasteiger partial charge in [-0.3, -0.25) is 19.4 Å². The first-order chi connectivity index (χ1) is 9.52. The quantitative estimate of drug-likeness (QED) is 0.690. The van der Waals surface area contributed by atoms with E-state index in [1.807, 2.05) is 0 Å². The van der Waals surface area contributed by atoms with Crippen LogP contribution in [0.3, 0.4) is 0 Å². The van der Waals surface area contributed by atoms with Crippen LogP contribution in [0, 0.1) is 0 Å². The number of rotatable bonds is 4. The molecule has 6 nitrogen and oxygen atoms in total. The molecule has 6 atom stereocenters. The molecule has 0 amide bonds. The average Bonchev–Trinajstić information content (AvgIpc) is 2.43. The van der Waals surface area contributed by atoms with Crippen molar-refractivity contribution < 1.29 is 19.1 Å². The molecule has 2 bridgehead atoms. The Morgan fingerprint density at radius 2 is 1.25 bits per heavy atom. The van der Waals surface area contributed by atoms with Gasteiger partial charge < -0.3 is 9.47 Å². The van der Waals surface area contributed by atoms with Crippen LogP contribution in [0.4, 0.5) is 0 Å². The molecule has 0 spiro atoms. The van der Waals surface area contributed by atoms with Crippen LogP contribution < -0.4 is 0 Å². The van der Waals surface area contributed by atoms with Gasteiger partial charge in [-0.2, -0.15) is 0 Å². The van der Waals surface area contributed by atoms with Gasteiger partial charge in [0, 0.05) is 25.2 Å².